The van der Waals surface area contributed by atoms with E-state index in [9.17, 15) is 0 Å². The van der Waals surface area contributed by atoms with Gasteiger partial charge in [-0.2, -0.15) is 15.0 Å². The van der Waals surface area contributed by atoms with E-state index >= 15 is 0 Å². The Hall–Kier alpha value is -2.17. The van der Waals surface area contributed by atoms with Crippen LogP contribution in [-0.4, -0.2) is 15.0 Å². The lowest BCUT2D eigenvalue weighted by molar-refractivity contribution is 0.279. The molecule has 0 saturated carbocycles. The molecule has 1 aromatic carbocycles. The van der Waals surface area contributed by atoms with E-state index in [1.54, 1.807) is 6.92 Å². The summed E-state index contributed by atoms with van der Waals surface area (Å²) >= 11 is 0. The fraction of sp³-hybridized carbons (Fsp3) is 0.182. The monoisotopic (exact) mass is 216 g/mol. The van der Waals surface area contributed by atoms with Crippen LogP contribution in [0, 0.1) is 6.92 Å². The van der Waals surface area contributed by atoms with Gasteiger partial charge in [-0.15, -0.1) is 0 Å². The Balaban J connectivity index is 2.05. The third kappa shape index (κ3) is 2.66. The molecular formula is C11H12N4O. The van der Waals surface area contributed by atoms with Crippen molar-refractivity contribution in [3.8, 4) is 6.01 Å². The van der Waals surface area contributed by atoms with Crippen LogP contribution in [0.1, 0.15) is 11.4 Å². The van der Waals surface area contributed by atoms with Gasteiger partial charge in [-0.1, -0.05) is 30.3 Å². The highest BCUT2D eigenvalue weighted by Crippen LogP contribution is 2.07. The molecule has 5 nitrogen and oxygen atoms in total. The molecule has 0 atom stereocenters. The van der Waals surface area contributed by atoms with Crippen molar-refractivity contribution in [3.63, 3.8) is 0 Å². The molecule has 0 bridgehead atoms. The largest absolute Gasteiger partial charge is 0.458 e. The van der Waals surface area contributed by atoms with Gasteiger partial charge in [0.15, 0.2) is 0 Å². The first-order chi connectivity index (χ1) is 7.74. The van der Waals surface area contributed by atoms with Gasteiger partial charge < -0.3 is 10.5 Å². The van der Waals surface area contributed by atoms with E-state index in [1.165, 1.54) is 0 Å². The fourth-order valence-electron chi connectivity index (χ4n) is 1.26. The smallest absolute Gasteiger partial charge is 0.321 e. The number of hydrogen-bond acceptors (Lipinski definition) is 5. The molecule has 1 heterocycles. The first-order valence-electron chi connectivity index (χ1n) is 4.89. The van der Waals surface area contributed by atoms with Gasteiger partial charge in [0.2, 0.25) is 5.95 Å². The van der Waals surface area contributed by atoms with E-state index in [1.807, 2.05) is 30.3 Å². The second kappa shape index (κ2) is 4.57. The fourth-order valence-corrected chi connectivity index (χ4v) is 1.26. The number of nitrogens with zero attached hydrogens (tertiary/aromatic N) is 3. The predicted molar refractivity (Wildman–Crippen MR) is 59.8 cm³/mol. The summed E-state index contributed by atoms with van der Waals surface area (Å²) in [4.78, 5) is 11.8. The molecule has 0 aliphatic heterocycles. The van der Waals surface area contributed by atoms with Gasteiger partial charge in [0, 0.05) is 0 Å². The highest BCUT2D eigenvalue weighted by molar-refractivity contribution is 5.18. The van der Waals surface area contributed by atoms with Crippen molar-refractivity contribution in [2.24, 2.45) is 0 Å². The summed E-state index contributed by atoms with van der Waals surface area (Å²) in [7, 11) is 0. The summed E-state index contributed by atoms with van der Waals surface area (Å²) in [6.45, 7) is 2.16. The second-order valence-electron chi connectivity index (χ2n) is 3.30. The first kappa shape index (κ1) is 10.4. The van der Waals surface area contributed by atoms with E-state index in [-0.39, 0.29) is 12.0 Å². The predicted octanol–water partition coefficient (Wildman–Crippen LogP) is 1.34. The Morgan fingerprint density at radius 1 is 1.12 bits per heavy atom. The number of aryl methyl sites for hydroxylation is 1. The molecule has 1 aromatic heterocycles. The summed E-state index contributed by atoms with van der Waals surface area (Å²) < 4.78 is 5.41. The molecule has 2 aromatic rings. The summed E-state index contributed by atoms with van der Waals surface area (Å²) in [6.07, 6.45) is 0. The van der Waals surface area contributed by atoms with Crippen LogP contribution in [0.5, 0.6) is 6.01 Å². The van der Waals surface area contributed by atoms with Gasteiger partial charge in [-0.05, 0) is 12.5 Å². The third-order valence-corrected chi connectivity index (χ3v) is 1.95. The molecule has 0 aliphatic rings. The molecule has 82 valence electrons. The summed E-state index contributed by atoms with van der Waals surface area (Å²) in [5, 5.41) is 0. The van der Waals surface area contributed by atoms with Gasteiger partial charge in [0.1, 0.15) is 12.4 Å². The maximum Gasteiger partial charge on any atom is 0.321 e. The second-order valence-corrected chi connectivity index (χ2v) is 3.30. The van der Waals surface area contributed by atoms with Crippen molar-refractivity contribution >= 4 is 5.95 Å². The van der Waals surface area contributed by atoms with Gasteiger partial charge in [-0.25, -0.2) is 0 Å². The quantitative estimate of drug-likeness (QED) is 0.838. The Bertz CT molecular complexity index is 452. The number of hydrogen-bond donors (Lipinski definition) is 1. The zero-order chi connectivity index (χ0) is 11.4. The molecule has 0 spiro atoms. The van der Waals surface area contributed by atoms with Crippen LogP contribution < -0.4 is 10.5 Å². The molecule has 0 amide bonds. The van der Waals surface area contributed by atoms with Crippen LogP contribution >= 0.6 is 0 Å². The van der Waals surface area contributed by atoms with Gasteiger partial charge >= 0.3 is 6.01 Å². The van der Waals surface area contributed by atoms with E-state index < -0.39 is 0 Å². The molecule has 0 saturated heterocycles. The average Bonchev–Trinajstić information content (AvgIpc) is 2.27. The van der Waals surface area contributed by atoms with Crippen LogP contribution in [0.25, 0.3) is 0 Å². The van der Waals surface area contributed by atoms with Crippen LogP contribution in [0.2, 0.25) is 0 Å². The van der Waals surface area contributed by atoms with Gasteiger partial charge in [-0.3, -0.25) is 0 Å². The zero-order valence-electron chi connectivity index (χ0n) is 8.92. The number of rotatable bonds is 3. The number of ether oxygens (including phenoxy) is 1. The number of anilines is 1. The molecule has 2 N–H and O–H groups in total. The zero-order valence-corrected chi connectivity index (χ0v) is 8.92. The van der Waals surface area contributed by atoms with Gasteiger partial charge in [0.25, 0.3) is 0 Å². The molecular weight excluding hydrogens is 204 g/mol. The van der Waals surface area contributed by atoms with E-state index in [4.69, 9.17) is 10.5 Å². The molecule has 5 heteroatoms. The SMILES string of the molecule is Cc1nc(N)nc(OCc2ccccc2)n1. The number of aromatic nitrogens is 3. The molecule has 0 unspecified atom stereocenters. The normalized spacial score (nSPS) is 10.1. The summed E-state index contributed by atoms with van der Waals surface area (Å²) in [5.41, 5.74) is 6.54. The molecule has 0 fully saturated rings. The van der Waals surface area contributed by atoms with Crippen LogP contribution in [0.4, 0.5) is 5.95 Å². The highest BCUT2D eigenvalue weighted by atomic mass is 16.5. The Labute approximate surface area is 93.3 Å². The number of nitrogen functional groups attached to an aromatic ring is 1. The Morgan fingerprint density at radius 3 is 2.56 bits per heavy atom. The van der Waals surface area contributed by atoms with Crippen LogP contribution in [-0.2, 0) is 6.61 Å². The van der Waals surface area contributed by atoms with E-state index in [2.05, 4.69) is 15.0 Å². The first-order valence-corrected chi connectivity index (χ1v) is 4.89. The maximum atomic E-state index is 5.49. The third-order valence-electron chi connectivity index (χ3n) is 1.95. The maximum absolute atomic E-state index is 5.49. The van der Waals surface area contributed by atoms with Crippen molar-refractivity contribution in [1.82, 2.24) is 15.0 Å². The minimum atomic E-state index is 0.176. The molecule has 16 heavy (non-hydrogen) atoms. The van der Waals surface area contributed by atoms with E-state index in [0.717, 1.165) is 5.56 Å². The van der Waals surface area contributed by atoms with Crippen molar-refractivity contribution in [1.29, 1.82) is 0 Å². The van der Waals surface area contributed by atoms with Crippen molar-refractivity contribution in [2.45, 2.75) is 13.5 Å². The molecule has 2 rings (SSSR count). The number of nitrogens with two attached hydrogens (primary N) is 1. The lowest BCUT2D eigenvalue weighted by Gasteiger charge is -2.04. The lowest BCUT2D eigenvalue weighted by Crippen LogP contribution is -2.05. The van der Waals surface area contributed by atoms with Crippen LogP contribution in [0.15, 0.2) is 30.3 Å². The minimum Gasteiger partial charge on any atom is -0.458 e. The summed E-state index contributed by atoms with van der Waals surface area (Å²) in [5.74, 6) is 0.728. The van der Waals surface area contributed by atoms with Gasteiger partial charge in [0.05, 0.1) is 0 Å². The van der Waals surface area contributed by atoms with Crippen molar-refractivity contribution in [3.05, 3.63) is 41.7 Å². The Morgan fingerprint density at radius 2 is 1.88 bits per heavy atom. The highest BCUT2D eigenvalue weighted by Gasteiger charge is 2.02. The average molecular weight is 216 g/mol. The molecule has 0 radical (unpaired) electrons. The van der Waals surface area contributed by atoms with E-state index in [0.29, 0.717) is 12.4 Å². The summed E-state index contributed by atoms with van der Waals surface area (Å²) in [6, 6.07) is 10.1. The van der Waals surface area contributed by atoms with Crippen LogP contribution in [0.3, 0.4) is 0 Å². The lowest BCUT2D eigenvalue weighted by atomic mass is 10.2. The standard InChI is InChI=1S/C11H12N4O/c1-8-13-10(12)15-11(14-8)16-7-9-5-3-2-4-6-9/h2-6H,7H2,1H3,(H2,12,13,14,15). The van der Waals surface area contributed by atoms with Crippen molar-refractivity contribution in [2.75, 3.05) is 5.73 Å². The topological polar surface area (TPSA) is 73.9 Å². The molecule has 0 aliphatic carbocycles. The Kier molecular flexibility index (Phi) is 2.95. The minimum absolute atomic E-state index is 0.176. The number of benzene rings is 1. The van der Waals surface area contributed by atoms with Crippen molar-refractivity contribution < 1.29 is 4.74 Å².